The summed E-state index contributed by atoms with van der Waals surface area (Å²) < 4.78 is 41.7. The van der Waals surface area contributed by atoms with E-state index >= 15 is 0 Å². The zero-order valence-corrected chi connectivity index (χ0v) is 18.7. The molecular formula is C24H22F3N3O5. The number of anilines is 1. The second kappa shape index (κ2) is 11.8. The lowest BCUT2D eigenvalue weighted by Crippen LogP contribution is -2.26. The lowest BCUT2D eigenvalue weighted by atomic mass is 10.0. The van der Waals surface area contributed by atoms with Gasteiger partial charge in [-0.15, -0.1) is 0 Å². The Morgan fingerprint density at radius 2 is 1.80 bits per heavy atom. The van der Waals surface area contributed by atoms with E-state index in [9.17, 15) is 22.8 Å². The fourth-order valence-electron chi connectivity index (χ4n) is 3.07. The van der Waals surface area contributed by atoms with E-state index < -0.39 is 18.1 Å². The zero-order valence-electron chi connectivity index (χ0n) is 18.7. The molecule has 3 aromatic rings. The highest BCUT2D eigenvalue weighted by molar-refractivity contribution is 5.76. The molecule has 2 aromatic heterocycles. The predicted octanol–water partition coefficient (Wildman–Crippen LogP) is 4.18. The molecule has 0 unspecified atom stereocenters. The topological polar surface area (TPSA) is 99.6 Å². The van der Waals surface area contributed by atoms with Crippen molar-refractivity contribution in [3.63, 3.8) is 0 Å². The standard InChI is InChI=1S/C24H22F3N3O5/c1-33-20-13-16(15-29-21-7-2-3-12-28-21)8-9-17(20)14-19-6-4-5-18(30-19)10-11-22(31)34-35-23(32)24(25,26)27/h2-9,12-13H,10-11,14-15H2,1H3,(H,28,29). The first-order chi connectivity index (χ1) is 16.7. The van der Waals surface area contributed by atoms with Gasteiger partial charge in [0.25, 0.3) is 0 Å². The van der Waals surface area contributed by atoms with E-state index in [0.717, 1.165) is 16.9 Å². The molecule has 11 heteroatoms. The predicted molar refractivity (Wildman–Crippen MR) is 118 cm³/mol. The van der Waals surface area contributed by atoms with Crippen LogP contribution in [0.4, 0.5) is 19.0 Å². The van der Waals surface area contributed by atoms with E-state index in [1.165, 1.54) is 0 Å². The highest BCUT2D eigenvalue weighted by Gasteiger charge is 2.43. The summed E-state index contributed by atoms with van der Waals surface area (Å²) in [6.45, 7) is 0.565. The molecule has 0 fully saturated rings. The number of carbonyl (C=O) groups excluding carboxylic acids is 2. The number of pyridine rings is 2. The third kappa shape index (κ3) is 7.98. The van der Waals surface area contributed by atoms with Gasteiger partial charge in [0.05, 0.1) is 13.5 Å². The van der Waals surface area contributed by atoms with Gasteiger partial charge >= 0.3 is 18.1 Å². The summed E-state index contributed by atoms with van der Waals surface area (Å²) in [5.41, 5.74) is 3.13. The van der Waals surface area contributed by atoms with Crippen LogP contribution in [-0.4, -0.2) is 35.2 Å². The van der Waals surface area contributed by atoms with Gasteiger partial charge in [0.1, 0.15) is 11.6 Å². The van der Waals surface area contributed by atoms with Gasteiger partial charge in [0.2, 0.25) is 0 Å². The number of aromatic nitrogens is 2. The molecule has 0 amide bonds. The smallest absolute Gasteiger partial charge is 0.495 e. The molecule has 184 valence electrons. The maximum atomic E-state index is 12.1. The summed E-state index contributed by atoms with van der Waals surface area (Å²) in [4.78, 5) is 38.2. The summed E-state index contributed by atoms with van der Waals surface area (Å²) in [7, 11) is 1.58. The maximum Gasteiger partial charge on any atom is 0.495 e. The van der Waals surface area contributed by atoms with Crippen LogP contribution in [0, 0.1) is 0 Å². The van der Waals surface area contributed by atoms with E-state index in [4.69, 9.17) is 4.74 Å². The highest BCUT2D eigenvalue weighted by Crippen LogP contribution is 2.23. The summed E-state index contributed by atoms with van der Waals surface area (Å²) in [5, 5.41) is 3.23. The molecule has 0 aliphatic heterocycles. The van der Waals surface area contributed by atoms with Gasteiger partial charge in [-0.1, -0.05) is 24.3 Å². The number of hydrogen-bond donors (Lipinski definition) is 1. The van der Waals surface area contributed by atoms with E-state index in [2.05, 4.69) is 25.1 Å². The molecule has 3 rings (SSSR count). The van der Waals surface area contributed by atoms with Crippen molar-refractivity contribution < 1.29 is 37.3 Å². The first kappa shape index (κ1) is 25.5. The highest BCUT2D eigenvalue weighted by atomic mass is 19.4. The van der Waals surface area contributed by atoms with E-state index in [-0.39, 0.29) is 12.8 Å². The Morgan fingerprint density at radius 1 is 1.00 bits per heavy atom. The van der Waals surface area contributed by atoms with Gasteiger partial charge in [-0.2, -0.15) is 13.2 Å². The Balaban J connectivity index is 1.56. The Morgan fingerprint density at radius 3 is 2.51 bits per heavy atom. The average Bonchev–Trinajstić information content (AvgIpc) is 2.85. The number of alkyl halides is 3. The van der Waals surface area contributed by atoms with E-state index in [1.54, 1.807) is 25.4 Å². The quantitative estimate of drug-likeness (QED) is 0.353. The summed E-state index contributed by atoms with van der Waals surface area (Å²) >= 11 is 0. The number of rotatable bonds is 9. The first-order valence-corrected chi connectivity index (χ1v) is 10.5. The van der Waals surface area contributed by atoms with Crippen LogP contribution < -0.4 is 10.1 Å². The van der Waals surface area contributed by atoms with Crippen LogP contribution in [0.2, 0.25) is 0 Å². The van der Waals surface area contributed by atoms with Gasteiger partial charge in [-0.3, -0.25) is 4.98 Å². The zero-order chi connectivity index (χ0) is 25.3. The number of halogens is 3. The SMILES string of the molecule is COc1cc(CNc2ccccn2)ccc1Cc1cccc(CCC(=O)OOC(=O)C(F)(F)F)n1. The Labute approximate surface area is 199 Å². The molecule has 1 N–H and O–H groups in total. The number of hydrogen-bond acceptors (Lipinski definition) is 8. The van der Waals surface area contributed by atoms with Crippen LogP contribution in [0.5, 0.6) is 5.75 Å². The molecule has 0 atom stereocenters. The average molecular weight is 489 g/mol. The van der Waals surface area contributed by atoms with Crippen LogP contribution in [0.25, 0.3) is 0 Å². The molecule has 8 nitrogen and oxygen atoms in total. The number of methoxy groups -OCH3 is 1. The number of nitrogens with one attached hydrogen (secondary N) is 1. The number of ether oxygens (including phenoxy) is 1. The van der Waals surface area contributed by atoms with Crippen LogP contribution in [0.1, 0.15) is 28.9 Å². The minimum Gasteiger partial charge on any atom is -0.496 e. The number of carbonyl (C=O) groups is 2. The Hall–Kier alpha value is -4.15. The van der Waals surface area contributed by atoms with Crippen LogP contribution in [0.3, 0.4) is 0 Å². The molecule has 2 heterocycles. The van der Waals surface area contributed by atoms with Crippen molar-refractivity contribution in [2.45, 2.75) is 32.0 Å². The van der Waals surface area contributed by atoms with Gasteiger partial charge in [-0.25, -0.2) is 24.3 Å². The third-order valence-corrected chi connectivity index (χ3v) is 4.75. The first-order valence-electron chi connectivity index (χ1n) is 10.5. The van der Waals surface area contributed by atoms with Crippen molar-refractivity contribution in [3.05, 3.63) is 83.3 Å². The Kier molecular flexibility index (Phi) is 8.60. The largest absolute Gasteiger partial charge is 0.496 e. The molecule has 0 saturated carbocycles. The molecule has 0 aliphatic carbocycles. The van der Waals surface area contributed by atoms with Crippen molar-refractivity contribution in [2.75, 3.05) is 12.4 Å². The monoisotopic (exact) mass is 489 g/mol. The number of benzene rings is 1. The number of nitrogens with zero attached hydrogens (tertiary/aromatic N) is 2. The van der Waals surface area contributed by atoms with Crippen LogP contribution in [-0.2, 0) is 38.8 Å². The van der Waals surface area contributed by atoms with E-state index in [1.807, 2.05) is 42.5 Å². The second-order valence-electron chi connectivity index (χ2n) is 7.34. The van der Waals surface area contributed by atoms with Gasteiger partial charge < -0.3 is 10.1 Å². The minimum absolute atomic E-state index is 0.0888. The number of aryl methyl sites for hydroxylation is 1. The lowest BCUT2D eigenvalue weighted by molar-refractivity contribution is -0.285. The maximum absolute atomic E-state index is 12.1. The molecule has 0 aliphatic rings. The van der Waals surface area contributed by atoms with Gasteiger partial charge in [-0.05, 0) is 35.9 Å². The van der Waals surface area contributed by atoms with Gasteiger partial charge in [0, 0.05) is 42.5 Å². The van der Waals surface area contributed by atoms with Crippen molar-refractivity contribution in [3.8, 4) is 5.75 Å². The summed E-state index contributed by atoms with van der Waals surface area (Å²) in [5.74, 6) is -2.27. The van der Waals surface area contributed by atoms with E-state index in [0.29, 0.717) is 30.1 Å². The molecule has 0 saturated heterocycles. The molecule has 0 radical (unpaired) electrons. The van der Waals surface area contributed by atoms with Crippen molar-refractivity contribution in [1.82, 2.24) is 9.97 Å². The molecule has 1 aromatic carbocycles. The van der Waals surface area contributed by atoms with Crippen molar-refractivity contribution in [2.24, 2.45) is 0 Å². The molecule has 0 bridgehead atoms. The van der Waals surface area contributed by atoms with Crippen molar-refractivity contribution in [1.29, 1.82) is 0 Å². The fraction of sp³-hybridized carbons (Fsp3) is 0.250. The molecule has 35 heavy (non-hydrogen) atoms. The fourth-order valence-corrected chi connectivity index (χ4v) is 3.07. The van der Waals surface area contributed by atoms with Crippen molar-refractivity contribution >= 4 is 17.8 Å². The summed E-state index contributed by atoms with van der Waals surface area (Å²) in [6.07, 6.45) is -3.31. The second-order valence-corrected chi connectivity index (χ2v) is 7.34. The normalized spacial score (nSPS) is 11.0. The van der Waals surface area contributed by atoms with Gasteiger partial charge in [0.15, 0.2) is 0 Å². The summed E-state index contributed by atoms with van der Waals surface area (Å²) in [6, 6.07) is 16.7. The minimum atomic E-state index is -5.25. The van der Waals surface area contributed by atoms with Crippen LogP contribution >= 0.6 is 0 Å². The molecule has 0 spiro atoms. The van der Waals surface area contributed by atoms with Crippen LogP contribution in [0.15, 0.2) is 60.8 Å². The Bertz CT molecular complexity index is 1160. The molecular weight excluding hydrogens is 467 g/mol. The lowest BCUT2D eigenvalue weighted by Gasteiger charge is -2.12. The third-order valence-electron chi connectivity index (χ3n) is 4.75.